The van der Waals surface area contributed by atoms with Crippen LogP contribution in [0.5, 0.6) is 0 Å². The van der Waals surface area contributed by atoms with Crippen LogP contribution in [-0.4, -0.2) is 34.6 Å². The van der Waals surface area contributed by atoms with Gasteiger partial charge in [-0.05, 0) is 30.7 Å². The van der Waals surface area contributed by atoms with E-state index in [0.29, 0.717) is 33.8 Å². The lowest BCUT2D eigenvalue weighted by Gasteiger charge is -2.16. The molecule has 2 rings (SSSR count). The van der Waals surface area contributed by atoms with Crippen molar-refractivity contribution in [3.05, 3.63) is 46.1 Å². The van der Waals surface area contributed by atoms with Gasteiger partial charge in [-0.3, -0.25) is 4.79 Å². The summed E-state index contributed by atoms with van der Waals surface area (Å²) >= 11 is 12.2. The van der Waals surface area contributed by atoms with Gasteiger partial charge >= 0.3 is 0 Å². The third kappa shape index (κ3) is 4.56. The predicted octanol–water partition coefficient (Wildman–Crippen LogP) is 4.40. The van der Waals surface area contributed by atoms with Crippen molar-refractivity contribution in [3.8, 4) is 0 Å². The molecule has 0 aliphatic carbocycles. The van der Waals surface area contributed by atoms with Crippen molar-refractivity contribution >= 4 is 40.6 Å². The number of carbonyl (C=O) groups excluding carboxylic acids is 1. The molecule has 122 valence electrons. The van der Waals surface area contributed by atoms with Crippen molar-refractivity contribution in [3.63, 3.8) is 0 Å². The number of nitrogens with one attached hydrogen (secondary N) is 1. The van der Waals surface area contributed by atoms with E-state index in [9.17, 15) is 4.79 Å². The molecular formula is C16H18Cl2N4O. The average Bonchev–Trinajstić information content (AvgIpc) is 2.56. The third-order valence-corrected chi connectivity index (χ3v) is 3.92. The maximum Gasteiger partial charge on any atom is 0.274 e. The summed E-state index contributed by atoms with van der Waals surface area (Å²) in [5.74, 6) is 0.320. The van der Waals surface area contributed by atoms with Gasteiger partial charge in [0.15, 0.2) is 11.5 Å². The van der Waals surface area contributed by atoms with E-state index in [0.717, 1.165) is 12.8 Å². The summed E-state index contributed by atoms with van der Waals surface area (Å²) in [6.07, 6.45) is 1.99. The minimum atomic E-state index is -0.145. The van der Waals surface area contributed by atoms with E-state index in [2.05, 4.69) is 22.4 Å². The molecule has 5 nitrogen and oxygen atoms in total. The molecular weight excluding hydrogens is 335 g/mol. The first-order valence-corrected chi connectivity index (χ1v) is 8.08. The zero-order valence-corrected chi connectivity index (χ0v) is 14.5. The van der Waals surface area contributed by atoms with Crippen molar-refractivity contribution in [1.82, 2.24) is 15.1 Å². The summed E-state index contributed by atoms with van der Waals surface area (Å²) in [5, 5.41) is 12.0. The lowest BCUT2D eigenvalue weighted by atomic mass is 10.3. The van der Waals surface area contributed by atoms with Crippen LogP contribution in [0.2, 0.25) is 10.0 Å². The summed E-state index contributed by atoms with van der Waals surface area (Å²) in [4.78, 5) is 13.8. The van der Waals surface area contributed by atoms with E-state index < -0.39 is 0 Å². The summed E-state index contributed by atoms with van der Waals surface area (Å²) < 4.78 is 0. The average molecular weight is 353 g/mol. The highest BCUT2D eigenvalue weighted by Crippen LogP contribution is 2.31. The molecule has 1 aromatic carbocycles. The van der Waals surface area contributed by atoms with Crippen LogP contribution >= 0.6 is 23.2 Å². The zero-order valence-electron chi connectivity index (χ0n) is 13.0. The first-order valence-electron chi connectivity index (χ1n) is 7.33. The highest BCUT2D eigenvalue weighted by Gasteiger charge is 2.14. The Morgan fingerprint density at radius 3 is 2.43 bits per heavy atom. The molecule has 0 saturated carbocycles. The Hall–Kier alpha value is -1.85. The SMILES string of the molecule is CCCCN(C)C(=O)c1ccc(Nc2c(Cl)cccc2Cl)nn1. The molecule has 2 aromatic rings. The number of rotatable bonds is 6. The van der Waals surface area contributed by atoms with E-state index in [4.69, 9.17) is 23.2 Å². The normalized spacial score (nSPS) is 10.4. The van der Waals surface area contributed by atoms with Gasteiger partial charge in [-0.25, -0.2) is 0 Å². The van der Waals surface area contributed by atoms with Gasteiger partial charge in [0.1, 0.15) is 0 Å². The number of carbonyl (C=O) groups is 1. The van der Waals surface area contributed by atoms with Gasteiger partial charge in [-0.15, -0.1) is 10.2 Å². The summed E-state index contributed by atoms with van der Waals surface area (Å²) in [6.45, 7) is 2.78. The van der Waals surface area contributed by atoms with E-state index >= 15 is 0 Å². The molecule has 0 radical (unpaired) electrons. The van der Waals surface area contributed by atoms with Gasteiger partial charge in [0.05, 0.1) is 15.7 Å². The molecule has 0 aliphatic rings. The van der Waals surface area contributed by atoms with Crippen LogP contribution in [0.4, 0.5) is 11.5 Å². The zero-order chi connectivity index (χ0) is 16.8. The fourth-order valence-electron chi connectivity index (χ4n) is 1.95. The summed E-state index contributed by atoms with van der Waals surface area (Å²) in [5.41, 5.74) is 0.865. The van der Waals surface area contributed by atoms with E-state index in [1.54, 1.807) is 42.3 Å². The number of amides is 1. The lowest BCUT2D eigenvalue weighted by molar-refractivity contribution is 0.0786. The van der Waals surface area contributed by atoms with Crippen LogP contribution in [0.15, 0.2) is 30.3 Å². The number of unbranched alkanes of at least 4 members (excludes halogenated alkanes) is 1. The molecule has 0 aliphatic heterocycles. The molecule has 1 aromatic heterocycles. The smallest absolute Gasteiger partial charge is 0.274 e. The molecule has 0 spiro atoms. The molecule has 0 atom stereocenters. The third-order valence-electron chi connectivity index (χ3n) is 3.29. The highest BCUT2D eigenvalue weighted by atomic mass is 35.5. The molecule has 7 heteroatoms. The molecule has 0 fully saturated rings. The molecule has 23 heavy (non-hydrogen) atoms. The quantitative estimate of drug-likeness (QED) is 0.836. The lowest BCUT2D eigenvalue weighted by Crippen LogP contribution is -2.28. The second kappa shape index (κ2) is 8.13. The van der Waals surface area contributed by atoms with Crippen LogP contribution in [-0.2, 0) is 0 Å². The highest BCUT2D eigenvalue weighted by molar-refractivity contribution is 6.39. The summed E-state index contributed by atoms with van der Waals surface area (Å²) in [6, 6.07) is 8.52. The van der Waals surface area contributed by atoms with Gasteiger partial charge in [0.2, 0.25) is 0 Å². The molecule has 0 bridgehead atoms. The molecule has 1 amide bonds. The van der Waals surface area contributed by atoms with Crippen molar-refractivity contribution in [1.29, 1.82) is 0 Å². The number of halogens is 2. The Morgan fingerprint density at radius 1 is 1.17 bits per heavy atom. The monoisotopic (exact) mass is 352 g/mol. The first kappa shape index (κ1) is 17.5. The van der Waals surface area contributed by atoms with Crippen LogP contribution in [0, 0.1) is 0 Å². The number of aromatic nitrogens is 2. The summed E-state index contributed by atoms with van der Waals surface area (Å²) in [7, 11) is 1.76. The van der Waals surface area contributed by atoms with Crippen molar-refractivity contribution in [2.24, 2.45) is 0 Å². The number of hydrogen-bond donors (Lipinski definition) is 1. The first-order chi connectivity index (χ1) is 11.0. The Bertz CT molecular complexity index is 656. The Kier molecular flexibility index (Phi) is 6.19. The Balaban J connectivity index is 2.09. The Labute approximate surface area is 145 Å². The second-order valence-electron chi connectivity index (χ2n) is 5.11. The molecule has 1 N–H and O–H groups in total. The number of para-hydroxylation sites is 1. The van der Waals surface area contributed by atoms with Crippen molar-refractivity contribution in [2.75, 3.05) is 18.9 Å². The topological polar surface area (TPSA) is 58.1 Å². The number of anilines is 2. The van der Waals surface area contributed by atoms with E-state index in [-0.39, 0.29) is 5.91 Å². The van der Waals surface area contributed by atoms with Crippen LogP contribution < -0.4 is 5.32 Å². The van der Waals surface area contributed by atoms with Gasteiger partial charge in [-0.2, -0.15) is 0 Å². The standard InChI is InChI=1S/C16H18Cl2N4O/c1-3-4-10-22(2)16(23)13-8-9-14(21-20-13)19-15-11(17)6-5-7-12(15)18/h5-9H,3-4,10H2,1-2H3,(H,19,21). The van der Waals surface area contributed by atoms with Gasteiger partial charge in [0.25, 0.3) is 5.91 Å². The largest absolute Gasteiger partial charge is 0.340 e. The fourth-order valence-corrected chi connectivity index (χ4v) is 2.44. The maximum absolute atomic E-state index is 12.2. The van der Waals surface area contributed by atoms with Gasteiger partial charge in [0, 0.05) is 13.6 Å². The predicted molar refractivity (Wildman–Crippen MR) is 93.6 cm³/mol. The molecule has 0 unspecified atom stereocenters. The van der Waals surface area contributed by atoms with E-state index in [1.165, 1.54) is 0 Å². The molecule has 1 heterocycles. The van der Waals surface area contributed by atoms with Gasteiger partial charge in [-0.1, -0.05) is 42.6 Å². The van der Waals surface area contributed by atoms with Crippen LogP contribution in [0.1, 0.15) is 30.3 Å². The maximum atomic E-state index is 12.2. The van der Waals surface area contributed by atoms with E-state index in [1.807, 2.05) is 0 Å². The van der Waals surface area contributed by atoms with Crippen LogP contribution in [0.3, 0.4) is 0 Å². The van der Waals surface area contributed by atoms with Gasteiger partial charge < -0.3 is 10.2 Å². The molecule has 0 saturated heterocycles. The minimum Gasteiger partial charge on any atom is -0.340 e. The fraction of sp³-hybridized carbons (Fsp3) is 0.312. The Morgan fingerprint density at radius 2 is 1.87 bits per heavy atom. The van der Waals surface area contributed by atoms with Crippen molar-refractivity contribution in [2.45, 2.75) is 19.8 Å². The second-order valence-corrected chi connectivity index (χ2v) is 5.92. The minimum absolute atomic E-state index is 0.145. The number of nitrogens with zero attached hydrogens (tertiary/aromatic N) is 3. The van der Waals surface area contributed by atoms with Crippen molar-refractivity contribution < 1.29 is 4.79 Å². The van der Waals surface area contributed by atoms with Crippen LogP contribution in [0.25, 0.3) is 0 Å². The number of benzene rings is 1. The number of hydrogen-bond acceptors (Lipinski definition) is 4.